The van der Waals surface area contributed by atoms with Crippen LogP contribution in [0, 0.1) is 0 Å². The fraction of sp³-hybridized carbons (Fsp3) is 0.562. The van der Waals surface area contributed by atoms with E-state index in [9.17, 15) is 9.59 Å². The summed E-state index contributed by atoms with van der Waals surface area (Å²) in [7, 11) is 0. The van der Waals surface area contributed by atoms with E-state index in [0.29, 0.717) is 29.5 Å². The molecule has 0 aliphatic rings. The molecule has 1 amide bonds. The van der Waals surface area contributed by atoms with Crippen LogP contribution in [0.25, 0.3) is 0 Å². The topological polar surface area (TPSA) is 85.9 Å². The molecule has 0 fully saturated rings. The molecule has 39 heavy (non-hydrogen) atoms. The summed E-state index contributed by atoms with van der Waals surface area (Å²) in [5, 5.41) is 2.87. The van der Waals surface area contributed by atoms with Crippen LogP contribution >= 0.6 is 0 Å². The second-order valence-corrected chi connectivity index (χ2v) is 9.98. The second kappa shape index (κ2) is 20.8. The third-order valence-electron chi connectivity index (χ3n) is 6.42. The predicted octanol–water partition coefficient (Wildman–Crippen LogP) is 7.99. The lowest BCUT2D eigenvalue weighted by atomic mass is 10.0. The normalized spacial score (nSPS) is 10.7. The van der Waals surface area contributed by atoms with Crippen molar-refractivity contribution in [1.29, 1.82) is 0 Å². The summed E-state index contributed by atoms with van der Waals surface area (Å²) in [6.07, 6.45) is 18.5. The van der Waals surface area contributed by atoms with Crippen LogP contribution in [-0.4, -0.2) is 25.0 Å². The Labute approximate surface area is 235 Å². The Balaban J connectivity index is 1.52. The Morgan fingerprint density at radius 2 is 1.23 bits per heavy atom. The summed E-state index contributed by atoms with van der Waals surface area (Å²) in [5.41, 5.74) is 3.28. The van der Waals surface area contributed by atoms with Crippen molar-refractivity contribution in [2.24, 2.45) is 0 Å². The fourth-order valence-electron chi connectivity index (χ4n) is 4.30. The largest absolute Gasteiger partial charge is 0.491 e. The Morgan fingerprint density at radius 3 is 1.82 bits per heavy atom. The minimum absolute atomic E-state index is 0.0427. The zero-order valence-electron chi connectivity index (χ0n) is 24.0. The van der Waals surface area contributed by atoms with Gasteiger partial charge < -0.3 is 19.6 Å². The third kappa shape index (κ3) is 15.8. The SMILES string of the molecule is CCCCCCCCCCCCCCCCOc1ccccc1NC(=O)CNOc1ccc(OC(C)=O)cc1. The van der Waals surface area contributed by atoms with E-state index >= 15 is 0 Å². The number of nitrogens with one attached hydrogen (secondary N) is 2. The Kier molecular flexibility index (Phi) is 17.2. The smallest absolute Gasteiger partial charge is 0.308 e. The highest BCUT2D eigenvalue weighted by Crippen LogP contribution is 2.24. The van der Waals surface area contributed by atoms with Crippen LogP contribution < -0.4 is 25.1 Å². The molecule has 0 spiro atoms. The standard InChI is InChI=1S/C32H48N2O5/c1-3-4-5-6-7-8-9-10-11-12-13-14-15-18-25-37-31-20-17-16-19-30(31)34-32(36)26-33-39-29-23-21-28(22-24-29)38-27(2)35/h16-17,19-24,33H,3-15,18,25-26H2,1-2H3,(H,34,36). The number of hydrogen-bond acceptors (Lipinski definition) is 6. The lowest BCUT2D eigenvalue weighted by Crippen LogP contribution is -2.30. The van der Waals surface area contributed by atoms with Crippen molar-refractivity contribution in [2.45, 2.75) is 104 Å². The van der Waals surface area contributed by atoms with Crippen LogP contribution in [0.5, 0.6) is 17.2 Å². The van der Waals surface area contributed by atoms with Gasteiger partial charge in [0.15, 0.2) is 0 Å². The van der Waals surface area contributed by atoms with Crippen LogP contribution in [0.4, 0.5) is 5.69 Å². The van der Waals surface area contributed by atoms with Crippen LogP contribution in [0.3, 0.4) is 0 Å². The van der Waals surface area contributed by atoms with Crippen molar-refractivity contribution in [2.75, 3.05) is 18.5 Å². The van der Waals surface area contributed by atoms with Crippen LogP contribution in [0.1, 0.15) is 104 Å². The van der Waals surface area contributed by atoms with Gasteiger partial charge in [-0.1, -0.05) is 103 Å². The van der Waals surface area contributed by atoms with Crippen molar-refractivity contribution in [1.82, 2.24) is 5.48 Å². The quantitative estimate of drug-likeness (QED) is 0.0681. The first-order valence-corrected chi connectivity index (χ1v) is 14.8. The first kappa shape index (κ1) is 32.2. The van der Waals surface area contributed by atoms with Crippen molar-refractivity contribution < 1.29 is 23.9 Å². The first-order valence-electron chi connectivity index (χ1n) is 14.8. The molecule has 0 aliphatic carbocycles. The molecule has 7 heteroatoms. The maximum absolute atomic E-state index is 12.4. The third-order valence-corrected chi connectivity index (χ3v) is 6.42. The highest BCUT2D eigenvalue weighted by atomic mass is 16.6. The number of para-hydroxylation sites is 2. The fourth-order valence-corrected chi connectivity index (χ4v) is 4.30. The second-order valence-electron chi connectivity index (χ2n) is 9.98. The van der Waals surface area contributed by atoms with Gasteiger partial charge in [-0.15, -0.1) is 5.48 Å². The average molecular weight is 541 g/mol. The first-order chi connectivity index (χ1) is 19.1. The number of hydrogen-bond donors (Lipinski definition) is 2. The van der Waals surface area contributed by atoms with Gasteiger partial charge in [0, 0.05) is 6.92 Å². The van der Waals surface area contributed by atoms with E-state index in [1.54, 1.807) is 24.3 Å². The Morgan fingerprint density at radius 1 is 0.692 bits per heavy atom. The minimum Gasteiger partial charge on any atom is -0.491 e. The number of anilines is 1. The number of rotatable bonds is 22. The van der Waals surface area contributed by atoms with Gasteiger partial charge in [0.05, 0.1) is 12.3 Å². The van der Waals surface area contributed by atoms with Gasteiger partial charge in [0.25, 0.3) is 0 Å². The summed E-state index contributed by atoms with van der Waals surface area (Å²) in [6.45, 7) is 4.20. The number of benzene rings is 2. The van der Waals surface area contributed by atoms with Crippen molar-refractivity contribution in [3.63, 3.8) is 0 Å². The molecule has 216 valence electrons. The van der Waals surface area contributed by atoms with Gasteiger partial charge in [-0.3, -0.25) is 9.59 Å². The summed E-state index contributed by atoms with van der Waals surface area (Å²) in [5.74, 6) is 0.956. The molecule has 0 heterocycles. The maximum atomic E-state index is 12.4. The molecular formula is C32H48N2O5. The number of unbranched alkanes of at least 4 members (excludes halogenated alkanes) is 13. The van der Waals surface area contributed by atoms with Gasteiger partial charge in [-0.05, 0) is 42.8 Å². The average Bonchev–Trinajstić information content (AvgIpc) is 2.92. The highest BCUT2D eigenvalue weighted by molar-refractivity contribution is 5.93. The summed E-state index contributed by atoms with van der Waals surface area (Å²) in [6, 6.07) is 14.0. The molecule has 2 rings (SSSR count). The van der Waals surface area contributed by atoms with E-state index in [1.165, 1.54) is 84.0 Å². The maximum Gasteiger partial charge on any atom is 0.308 e. The van der Waals surface area contributed by atoms with Crippen molar-refractivity contribution >= 4 is 17.6 Å². The van der Waals surface area contributed by atoms with Gasteiger partial charge >= 0.3 is 5.97 Å². The highest BCUT2D eigenvalue weighted by Gasteiger charge is 2.08. The number of carbonyl (C=O) groups excluding carboxylic acids is 2. The van der Waals surface area contributed by atoms with E-state index in [-0.39, 0.29) is 18.4 Å². The molecule has 0 unspecified atom stereocenters. The Hall–Kier alpha value is -3.06. The molecule has 0 saturated carbocycles. The van der Waals surface area contributed by atoms with Crippen molar-refractivity contribution in [3.05, 3.63) is 48.5 Å². The molecule has 2 N–H and O–H groups in total. The monoisotopic (exact) mass is 540 g/mol. The number of carbonyl (C=O) groups is 2. The summed E-state index contributed by atoms with van der Waals surface area (Å²) < 4.78 is 10.9. The molecule has 0 aliphatic heterocycles. The summed E-state index contributed by atoms with van der Waals surface area (Å²) in [4.78, 5) is 28.7. The zero-order valence-corrected chi connectivity index (χ0v) is 24.0. The molecule has 2 aromatic rings. The van der Waals surface area contributed by atoms with E-state index in [0.717, 1.165) is 12.8 Å². The zero-order chi connectivity index (χ0) is 28.0. The molecule has 0 saturated heterocycles. The molecule has 0 atom stereocenters. The molecule has 0 radical (unpaired) electrons. The summed E-state index contributed by atoms with van der Waals surface area (Å²) >= 11 is 0. The van der Waals surface area contributed by atoms with Gasteiger partial charge in [-0.2, -0.15) is 0 Å². The molecule has 7 nitrogen and oxygen atoms in total. The van der Waals surface area contributed by atoms with Gasteiger partial charge in [0.1, 0.15) is 23.8 Å². The molecule has 0 bridgehead atoms. The number of ether oxygens (including phenoxy) is 2. The van der Waals surface area contributed by atoms with Crippen LogP contribution in [0.2, 0.25) is 0 Å². The van der Waals surface area contributed by atoms with E-state index in [2.05, 4.69) is 17.7 Å². The number of hydroxylamine groups is 1. The lowest BCUT2D eigenvalue weighted by Gasteiger charge is -2.13. The predicted molar refractivity (Wildman–Crippen MR) is 157 cm³/mol. The molecular weight excluding hydrogens is 492 g/mol. The van der Waals surface area contributed by atoms with E-state index < -0.39 is 0 Å². The minimum atomic E-state index is -0.387. The number of amides is 1. The Bertz CT molecular complexity index is 932. The number of esters is 1. The van der Waals surface area contributed by atoms with Crippen molar-refractivity contribution in [3.8, 4) is 17.2 Å². The van der Waals surface area contributed by atoms with Gasteiger partial charge in [-0.25, -0.2) is 0 Å². The lowest BCUT2D eigenvalue weighted by molar-refractivity contribution is -0.131. The van der Waals surface area contributed by atoms with E-state index in [1.807, 2.05) is 24.3 Å². The van der Waals surface area contributed by atoms with E-state index in [4.69, 9.17) is 14.3 Å². The molecule has 0 aromatic heterocycles. The molecule has 2 aromatic carbocycles. The van der Waals surface area contributed by atoms with Crippen LogP contribution in [0.15, 0.2) is 48.5 Å². The van der Waals surface area contributed by atoms with Crippen LogP contribution in [-0.2, 0) is 9.59 Å². The van der Waals surface area contributed by atoms with Gasteiger partial charge in [0.2, 0.25) is 5.91 Å².